The number of hydrogen-bond donors (Lipinski definition) is 1. The number of amides is 1. The second-order valence-corrected chi connectivity index (χ2v) is 8.24. The van der Waals surface area contributed by atoms with E-state index in [1.54, 1.807) is 35.2 Å². The number of ether oxygens (including phenoxy) is 2. The van der Waals surface area contributed by atoms with Crippen molar-refractivity contribution in [2.75, 3.05) is 13.7 Å². The van der Waals surface area contributed by atoms with Gasteiger partial charge in [0.05, 0.1) is 32.2 Å². The van der Waals surface area contributed by atoms with Crippen LogP contribution in [0.3, 0.4) is 0 Å². The molecule has 1 amide bonds. The van der Waals surface area contributed by atoms with Crippen molar-refractivity contribution in [3.8, 4) is 0 Å². The van der Waals surface area contributed by atoms with Gasteiger partial charge in [0.2, 0.25) is 0 Å². The van der Waals surface area contributed by atoms with Crippen LogP contribution in [0, 0.1) is 0 Å². The van der Waals surface area contributed by atoms with Crippen LogP contribution in [0.1, 0.15) is 43.0 Å². The quantitative estimate of drug-likeness (QED) is 0.615. The molecule has 1 aliphatic heterocycles. The Morgan fingerprint density at radius 2 is 1.87 bits per heavy atom. The van der Waals surface area contributed by atoms with Crippen LogP contribution in [-0.4, -0.2) is 47.7 Å². The first-order valence-corrected chi connectivity index (χ1v) is 10.8. The highest BCUT2D eigenvalue weighted by atomic mass is 35.5. The molecule has 0 bridgehead atoms. The number of aliphatic hydroxyl groups is 1. The van der Waals surface area contributed by atoms with Gasteiger partial charge in [-0.15, -0.1) is 0 Å². The normalized spacial score (nSPS) is 22.3. The molecule has 1 heterocycles. The summed E-state index contributed by atoms with van der Waals surface area (Å²) in [6, 6.07) is 13.3. The largest absolute Gasteiger partial charge is 0.469 e. The Morgan fingerprint density at radius 3 is 2.45 bits per heavy atom. The summed E-state index contributed by atoms with van der Waals surface area (Å²) in [5.41, 5.74) is 1.55. The summed E-state index contributed by atoms with van der Waals surface area (Å²) in [4.78, 5) is 27.1. The molecule has 166 valence electrons. The van der Waals surface area contributed by atoms with Crippen LogP contribution in [0.4, 0.5) is 0 Å². The van der Waals surface area contributed by atoms with E-state index >= 15 is 0 Å². The van der Waals surface area contributed by atoms with Gasteiger partial charge >= 0.3 is 5.97 Å². The molecule has 0 saturated carbocycles. The molecule has 0 radical (unpaired) electrons. The van der Waals surface area contributed by atoms with Crippen molar-refractivity contribution in [1.29, 1.82) is 0 Å². The average Bonchev–Trinajstić information content (AvgIpc) is 2.77. The zero-order chi connectivity index (χ0) is 22.5. The van der Waals surface area contributed by atoms with E-state index in [1.165, 1.54) is 7.11 Å². The minimum Gasteiger partial charge on any atom is -0.469 e. The molecule has 4 atom stereocenters. The second-order valence-electron chi connectivity index (χ2n) is 7.37. The van der Waals surface area contributed by atoms with E-state index in [9.17, 15) is 14.7 Å². The van der Waals surface area contributed by atoms with E-state index in [4.69, 9.17) is 32.7 Å². The summed E-state index contributed by atoms with van der Waals surface area (Å²) < 4.78 is 11.0. The molecule has 6 nitrogen and oxygen atoms in total. The number of morpholine rings is 1. The van der Waals surface area contributed by atoms with Crippen LogP contribution in [-0.2, 0) is 19.1 Å². The number of benzene rings is 2. The Morgan fingerprint density at radius 1 is 1.16 bits per heavy atom. The van der Waals surface area contributed by atoms with Gasteiger partial charge in [0.1, 0.15) is 12.2 Å². The lowest BCUT2D eigenvalue weighted by Crippen LogP contribution is -2.56. The minimum atomic E-state index is -1.04. The Labute approximate surface area is 191 Å². The van der Waals surface area contributed by atoms with Gasteiger partial charge in [-0.1, -0.05) is 54.4 Å². The molecule has 1 N–H and O–H groups in total. The van der Waals surface area contributed by atoms with Gasteiger partial charge in [-0.25, -0.2) is 0 Å². The highest BCUT2D eigenvalue weighted by molar-refractivity contribution is 6.30. The zero-order valence-corrected chi connectivity index (χ0v) is 18.8. The van der Waals surface area contributed by atoms with Crippen molar-refractivity contribution < 1.29 is 24.2 Å². The van der Waals surface area contributed by atoms with Crippen molar-refractivity contribution >= 4 is 35.1 Å². The van der Waals surface area contributed by atoms with Gasteiger partial charge in [-0.3, -0.25) is 9.59 Å². The number of methoxy groups -OCH3 is 1. The van der Waals surface area contributed by atoms with Crippen molar-refractivity contribution in [3.63, 3.8) is 0 Å². The van der Waals surface area contributed by atoms with E-state index in [0.717, 1.165) is 11.1 Å². The maximum Gasteiger partial charge on any atom is 0.308 e. The highest BCUT2D eigenvalue weighted by Crippen LogP contribution is 2.44. The number of carbonyl (C=O) groups is 2. The second kappa shape index (κ2) is 10.5. The van der Waals surface area contributed by atoms with Crippen molar-refractivity contribution in [1.82, 2.24) is 4.90 Å². The molecular formula is C23H25Cl2NO5. The highest BCUT2D eigenvalue weighted by Gasteiger charge is 2.47. The fourth-order valence-corrected chi connectivity index (χ4v) is 4.21. The van der Waals surface area contributed by atoms with E-state index in [-0.39, 0.29) is 18.9 Å². The third-order valence-electron chi connectivity index (χ3n) is 5.47. The summed E-state index contributed by atoms with van der Waals surface area (Å²) in [6.07, 6.45) is -1.36. The van der Waals surface area contributed by atoms with Crippen molar-refractivity contribution in [2.24, 2.45) is 0 Å². The molecule has 31 heavy (non-hydrogen) atoms. The van der Waals surface area contributed by atoms with E-state index in [0.29, 0.717) is 16.5 Å². The molecule has 3 rings (SSSR count). The zero-order valence-electron chi connectivity index (χ0n) is 17.3. The Kier molecular flexibility index (Phi) is 7.94. The monoisotopic (exact) mass is 465 g/mol. The summed E-state index contributed by atoms with van der Waals surface area (Å²) in [5.74, 6) is -0.922. The summed E-state index contributed by atoms with van der Waals surface area (Å²) >= 11 is 12.3. The van der Waals surface area contributed by atoms with Crippen LogP contribution in [0.5, 0.6) is 0 Å². The summed E-state index contributed by atoms with van der Waals surface area (Å²) in [5, 5.41) is 11.1. The summed E-state index contributed by atoms with van der Waals surface area (Å²) in [7, 11) is 1.26. The molecule has 1 fully saturated rings. The third kappa shape index (κ3) is 5.21. The number of esters is 1. The lowest BCUT2D eigenvalue weighted by atomic mass is 9.89. The maximum absolute atomic E-state index is 13.5. The molecule has 8 heteroatoms. The predicted octanol–water partition coefficient (Wildman–Crippen LogP) is 4.34. The average molecular weight is 466 g/mol. The smallest absolute Gasteiger partial charge is 0.308 e. The number of rotatable bonds is 7. The standard InChI is InChI=1S/C23H25Cl2NO5/c1-3-18(13-27)26-21(14-7-9-16(24)10-8-14)22(15-5-4-6-17(25)11-15)31-19(23(26)29)12-20(28)30-2/h4-11,18-19,21-22,27H,3,12-13H2,1-2H3/t18-,19-,21?,22+/m0/s1. The number of carbonyl (C=O) groups excluding carboxylic acids is 2. The van der Waals surface area contributed by atoms with Crippen LogP contribution in [0.25, 0.3) is 0 Å². The van der Waals surface area contributed by atoms with Gasteiger partial charge in [0, 0.05) is 10.0 Å². The fraction of sp³-hybridized carbons (Fsp3) is 0.391. The number of nitrogens with zero attached hydrogens (tertiary/aromatic N) is 1. The van der Waals surface area contributed by atoms with Gasteiger partial charge in [0.25, 0.3) is 5.91 Å². The predicted molar refractivity (Wildman–Crippen MR) is 118 cm³/mol. The molecule has 1 saturated heterocycles. The minimum absolute atomic E-state index is 0.223. The first-order valence-electron chi connectivity index (χ1n) is 10.1. The SMILES string of the molecule is CC[C@@H](CO)N1C(=O)[C@H](CC(=O)OC)O[C@H](c2cccc(Cl)c2)C1c1ccc(Cl)cc1. The van der Waals surface area contributed by atoms with Gasteiger partial charge < -0.3 is 19.5 Å². The first-order chi connectivity index (χ1) is 14.9. The van der Waals surface area contributed by atoms with Gasteiger partial charge in [-0.05, 0) is 41.8 Å². The van der Waals surface area contributed by atoms with Crippen LogP contribution in [0.15, 0.2) is 48.5 Å². The Balaban J connectivity index is 2.15. The number of aliphatic hydroxyl groups excluding tert-OH is 1. The lowest BCUT2D eigenvalue weighted by Gasteiger charge is -2.47. The molecule has 2 aromatic carbocycles. The molecule has 2 aromatic rings. The van der Waals surface area contributed by atoms with Gasteiger partial charge in [-0.2, -0.15) is 0 Å². The van der Waals surface area contributed by atoms with E-state index in [1.807, 2.05) is 25.1 Å². The van der Waals surface area contributed by atoms with Crippen LogP contribution >= 0.6 is 23.2 Å². The Hall–Kier alpha value is -2.12. The Bertz CT molecular complexity index is 916. The fourth-order valence-electron chi connectivity index (χ4n) is 3.89. The number of halogens is 2. The van der Waals surface area contributed by atoms with Crippen LogP contribution < -0.4 is 0 Å². The van der Waals surface area contributed by atoms with Crippen molar-refractivity contribution in [3.05, 3.63) is 69.7 Å². The summed E-state index contributed by atoms with van der Waals surface area (Å²) in [6.45, 7) is 1.67. The molecule has 1 unspecified atom stereocenters. The van der Waals surface area contributed by atoms with Crippen LogP contribution in [0.2, 0.25) is 10.0 Å². The molecular weight excluding hydrogens is 441 g/mol. The van der Waals surface area contributed by atoms with Gasteiger partial charge in [0.15, 0.2) is 0 Å². The van der Waals surface area contributed by atoms with Crippen molar-refractivity contribution in [2.45, 2.75) is 44.1 Å². The topological polar surface area (TPSA) is 76.1 Å². The molecule has 0 aromatic heterocycles. The first kappa shape index (κ1) is 23.5. The third-order valence-corrected chi connectivity index (χ3v) is 5.96. The lowest BCUT2D eigenvalue weighted by molar-refractivity contribution is -0.185. The van der Waals surface area contributed by atoms with E-state index < -0.39 is 30.3 Å². The van der Waals surface area contributed by atoms with E-state index in [2.05, 4.69) is 0 Å². The molecule has 1 aliphatic rings. The number of hydrogen-bond acceptors (Lipinski definition) is 5. The molecule has 0 aliphatic carbocycles. The maximum atomic E-state index is 13.5. The molecule has 0 spiro atoms.